The predicted molar refractivity (Wildman–Crippen MR) is 107 cm³/mol. The summed E-state index contributed by atoms with van der Waals surface area (Å²) in [5.74, 6) is 2.21. The number of aromatic nitrogens is 2. The molecule has 4 rings (SSSR count). The van der Waals surface area contributed by atoms with Crippen molar-refractivity contribution in [2.75, 3.05) is 18.6 Å². The fourth-order valence-electron chi connectivity index (χ4n) is 3.43. The lowest BCUT2D eigenvalue weighted by atomic mass is 10.0. The van der Waals surface area contributed by atoms with Gasteiger partial charge in [0.05, 0.1) is 7.11 Å². The van der Waals surface area contributed by atoms with Gasteiger partial charge in [-0.1, -0.05) is 31.1 Å². The lowest BCUT2D eigenvalue weighted by Gasteiger charge is -2.18. The van der Waals surface area contributed by atoms with E-state index in [0.29, 0.717) is 30.6 Å². The third-order valence-corrected chi connectivity index (χ3v) is 5.12. The second kappa shape index (κ2) is 7.46. The average molecular weight is 377 g/mol. The molecule has 1 atom stereocenters. The van der Waals surface area contributed by atoms with Gasteiger partial charge in [0.1, 0.15) is 5.75 Å². The van der Waals surface area contributed by atoms with Crippen LogP contribution >= 0.6 is 0 Å². The van der Waals surface area contributed by atoms with Crippen molar-refractivity contribution < 1.29 is 14.1 Å². The number of amides is 1. The Morgan fingerprint density at radius 3 is 2.68 bits per heavy atom. The molecule has 2 heterocycles. The van der Waals surface area contributed by atoms with E-state index in [9.17, 15) is 4.79 Å². The molecule has 0 N–H and O–H groups in total. The number of anilines is 1. The monoisotopic (exact) mass is 377 g/mol. The molecule has 2 aromatic carbocycles. The summed E-state index contributed by atoms with van der Waals surface area (Å²) in [5, 5.41) is 4.13. The highest BCUT2D eigenvalue weighted by Crippen LogP contribution is 2.33. The Labute approximate surface area is 164 Å². The summed E-state index contributed by atoms with van der Waals surface area (Å²) < 4.78 is 10.6. The average Bonchev–Trinajstić information content (AvgIpc) is 3.35. The number of methoxy groups -OCH3 is 1. The first kappa shape index (κ1) is 18.2. The SMILES string of the molecule is COc1ccc(-c2nc(C3CC(=O)N(c4cccc(C(C)C)c4)C3)no2)cc1. The van der Waals surface area contributed by atoms with Gasteiger partial charge in [0, 0.05) is 30.1 Å². The summed E-state index contributed by atoms with van der Waals surface area (Å²) in [6, 6.07) is 15.6. The van der Waals surface area contributed by atoms with Gasteiger partial charge < -0.3 is 14.2 Å². The Bertz CT molecular complexity index is 979. The third-order valence-electron chi connectivity index (χ3n) is 5.12. The number of hydrogen-bond donors (Lipinski definition) is 0. The molecule has 1 aliphatic heterocycles. The molecular weight excluding hydrogens is 354 g/mol. The van der Waals surface area contributed by atoms with Crippen LogP contribution in [0.25, 0.3) is 11.5 Å². The quantitative estimate of drug-likeness (QED) is 0.660. The molecule has 0 radical (unpaired) electrons. The molecule has 6 nitrogen and oxygen atoms in total. The maximum absolute atomic E-state index is 12.6. The molecule has 0 aliphatic carbocycles. The normalized spacial score (nSPS) is 16.8. The lowest BCUT2D eigenvalue weighted by Crippen LogP contribution is -2.24. The van der Waals surface area contributed by atoms with E-state index in [1.807, 2.05) is 41.3 Å². The van der Waals surface area contributed by atoms with E-state index in [4.69, 9.17) is 9.26 Å². The zero-order valence-corrected chi connectivity index (χ0v) is 16.3. The van der Waals surface area contributed by atoms with Crippen LogP contribution < -0.4 is 9.64 Å². The van der Waals surface area contributed by atoms with E-state index in [1.165, 1.54) is 5.56 Å². The summed E-state index contributed by atoms with van der Waals surface area (Å²) >= 11 is 0. The molecule has 1 aliphatic rings. The topological polar surface area (TPSA) is 68.5 Å². The minimum atomic E-state index is -0.0778. The van der Waals surface area contributed by atoms with Crippen LogP contribution in [0.15, 0.2) is 53.1 Å². The van der Waals surface area contributed by atoms with Gasteiger partial charge in [0.2, 0.25) is 5.91 Å². The number of carbonyl (C=O) groups excluding carboxylic acids is 1. The van der Waals surface area contributed by atoms with Crippen LogP contribution in [0.2, 0.25) is 0 Å². The molecular formula is C22H23N3O3. The van der Waals surface area contributed by atoms with Crippen molar-refractivity contribution in [3.63, 3.8) is 0 Å². The summed E-state index contributed by atoms with van der Waals surface area (Å²) in [6.45, 7) is 4.85. The van der Waals surface area contributed by atoms with E-state index in [2.05, 4.69) is 36.1 Å². The zero-order chi connectivity index (χ0) is 19.7. The Hall–Kier alpha value is -3.15. The minimum absolute atomic E-state index is 0.0778. The first-order valence-corrected chi connectivity index (χ1v) is 9.43. The maximum Gasteiger partial charge on any atom is 0.257 e. The second-order valence-electron chi connectivity index (χ2n) is 7.34. The predicted octanol–water partition coefficient (Wildman–Crippen LogP) is 4.39. The van der Waals surface area contributed by atoms with Crippen LogP contribution in [0.4, 0.5) is 5.69 Å². The maximum atomic E-state index is 12.6. The van der Waals surface area contributed by atoms with Gasteiger partial charge >= 0.3 is 0 Å². The van der Waals surface area contributed by atoms with E-state index in [-0.39, 0.29) is 11.8 Å². The molecule has 1 aromatic heterocycles. The van der Waals surface area contributed by atoms with E-state index in [0.717, 1.165) is 17.0 Å². The largest absolute Gasteiger partial charge is 0.497 e. The smallest absolute Gasteiger partial charge is 0.257 e. The van der Waals surface area contributed by atoms with Gasteiger partial charge in [0.15, 0.2) is 5.82 Å². The van der Waals surface area contributed by atoms with Crippen molar-refractivity contribution in [3.8, 4) is 17.2 Å². The molecule has 0 spiro atoms. The van der Waals surface area contributed by atoms with Crippen molar-refractivity contribution >= 4 is 11.6 Å². The lowest BCUT2D eigenvalue weighted by molar-refractivity contribution is -0.117. The molecule has 3 aromatic rings. The highest BCUT2D eigenvalue weighted by atomic mass is 16.5. The van der Waals surface area contributed by atoms with E-state index < -0.39 is 0 Å². The van der Waals surface area contributed by atoms with Crippen molar-refractivity contribution in [3.05, 3.63) is 59.9 Å². The molecule has 144 valence electrons. The number of nitrogens with zero attached hydrogens (tertiary/aromatic N) is 3. The van der Waals surface area contributed by atoms with Crippen LogP contribution in [0.5, 0.6) is 5.75 Å². The van der Waals surface area contributed by atoms with Gasteiger partial charge in [-0.15, -0.1) is 0 Å². The van der Waals surface area contributed by atoms with Gasteiger partial charge in [-0.3, -0.25) is 4.79 Å². The fourth-order valence-corrected chi connectivity index (χ4v) is 3.43. The van der Waals surface area contributed by atoms with Crippen molar-refractivity contribution in [2.45, 2.75) is 32.1 Å². The second-order valence-corrected chi connectivity index (χ2v) is 7.34. The zero-order valence-electron chi connectivity index (χ0n) is 16.3. The van der Waals surface area contributed by atoms with Gasteiger partial charge in [-0.05, 0) is 47.9 Å². The highest BCUT2D eigenvalue weighted by Gasteiger charge is 2.34. The van der Waals surface area contributed by atoms with Gasteiger partial charge in [-0.25, -0.2) is 0 Å². The Morgan fingerprint density at radius 2 is 1.96 bits per heavy atom. The van der Waals surface area contributed by atoms with E-state index in [1.54, 1.807) is 7.11 Å². The summed E-state index contributed by atoms with van der Waals surface area (Å²) in [5.41, 5.74) is 2.97. The number of hydrogen-bond acceptors (Lipinski definition) is 5. The standard InChI is InChI=1S/C22H23N3O3/c1-14(2)16-5-4-6-18(11-16)25-13-17(12-20(25)26)21-23-22(28-24-21)15-7-9-19(27-3)10-8-15/h4-11,14,17H,12-13H2,1-3H3. The fraction of sp³-hybridized carbons (Fsp3) is 0.318. The molecule has 0 saturated carbocycles. The van der Waals surface area contributed by atoms with Crippen LogP contribution in [0.3, 0.4) is 0 Å². The number of ether oxygens (including phenoxy) is 1. The molecule has 6 heteroatoms. The molecule has 1 unspecified atom stereocenters. The van der Waals surface area contributed by atoms with Crippen molar-refractivity contribution in [2.24, 2.45) is 0 Å². The Kier molecular flexibility index (Phi) is 4.86. The van der Waals surface area contributed by atoms with Crippen LogP contribution in [0, 0.1) is 0 Å². The molecule has 28 heavy (non-hydrogen) atoms. The number of carbonyl (C=O) groups is 1. The van der Waals surface area contributed by atoms with Gasteiger partial charge in [-0.2, -0.15) is 4.98 Å². The van der Waals surface area contributed by atoms with Crippen LogP contribution in [0.1, 0.15) is 43.5 Å². The first-order chi connectivity index (χ1) is 13.5. The Balaban J connectivity index is 1.53. The van der Waals surface area contributed by atoms with Crippen LogP contribution in [-0.4, -0.2) is 29.7 Å². The summed E-state index contributed by atoms with van der Waals surface area (Å²) in [4.78, 5) is 19.0. The number of benzene rings is 2. The minimum Gasteiger partial charge on any atom is -0.497 e. The number of rotatable bonds is 5. The molecule has 0 bridgehead atoms. The third kappa shape index (κ3) is 3.50. The molecule has 1 saturated heterocycles. The summed E-state index contributed by atoms with van der Waals surface area (Å²) in [6.07, 6.45) is 0.382. The van der Waals surface area contributed by atoms with E-state index >= 15 is 0 Å². The summed E-state index contributed by atoms with van der Waals surface area (Å²) in [7, 11) is 1.62. The Morgan fingerprint density at radius 1 is 1.18 bits per heavy atom. The van der Waals surface area contributed by atoms with Gasteiger partial charge in [0.25, 0.3) is 5.89 Å². The first-order valence-electron chi connectivity index (χ1n) is 9.43. The van der Waals surface area contributed by atoms with Crippen molar-refractivity contribution in [1.82, 2.24) is 10.1 Å². The highest BCUT2D eigenvalue weighted by molar-refractivity contribution is 5.96. The van der Waals surface area contributed by atoms with Crippen LogP contribution in [-0.2, 0) is 4.79 Å². The molecule has 1 amide bonds. The van der Waals surface area contributed by atoms with Crippen molar-refractivity contribution in [1.29, 1.82) is 0 Å². The molecule has 1 fully saturated rings.